The first-order valence-electron chi connectivity index (χ1n) is 8.15. The van der Waals surface area contributed by atoms with Crippen LogP contribution in [0.2, 0.25) is 5.02 Å². The van der Waals surface area contributed by atoms with Crippen LogP contribution in [0.4, 0.5) is 4.79 Å². The van der Waals surface area contributed by atoms with Crippen molar-refractivity contribution in [2.24, 2.45) is 0 Å². The van der Waals surface area contributed by atoms with Gasteiger partial charge in [0.2, 0.25) is 0 Å². The van der Waals surface area contributed by atoms with Gasteiger partial charge in [0, 0.05) is 24.6 Å². The lowest BCUT2D eigenvalue weighted by atomic mass is 9.89. The molecule has 1 aliphatic rings. The van der Waals surface area contributed by atoms with Gasteiger partial charge in [-0.15, -0.1) is 0 Å². The van der Waals surface area contributed by atoms with E-state index in [0.717, 1.165) is 11.1 Å². The standard InChI is InChI=1S/C17H17ClN4O3/c1-9-7-10(5-6-21(9)17(24)25)13-8-14(23)19-16-15-11(18)3-2-4-12(15)20-22(13)16/h2-4,8-10H,5-7H2,1H3,(H,19,23)(H,24,25)/t9-,10-/m0/s1. The van der Waals surface area contributed by atoms with Crippen molar-refractivity contribution >= 4 is 34.2 Å². The minimum absolute atomic E-state index is 0.0588. The van der Waals surface area contributed by atoms with Gasteiger partial charge in [0.15, 0.2) is 0 Å². The molecule has 3 aromatic rings. The molecular weight excluding hydrogens is 344 g/mol. The summed E-state index contributed by atoms with van der Waals surface area (Å²) in [5, 5.41) is 15.1. The van der Waals surface area contributed by atoms with Gasteiger partial charge in [0.1, 0.15) is 5.65 Å². The average Bonchev–Trinajstić information content (AvgIpc) is 2.93. The number of aromatic amines is 1. The third-order valence-corrected chi connectivity index (χ3v) is 5.27. The lowest BCUT2D eigenvalue weighted by molar-refractivity contribution is 0.106. The quantitative estimate of drug-likeness (QED) is 0.697. The van der Waals surface area contributed by atoms with Crippen LogP contribution in [-0.4, -0.2) is 43.3 Å². The smallest absolute Gasteiger partial charge is 0.407 e. The maximum Gasteiger partial charge on any atom is 0.407 e. The highest BCUT2D eigenvalue weighted by atomic mass is 35.5. The van der Waals surface area contributed by atoms with Crippen LogP contribution >= 0.6 is 11.6 Å². The van der Waals surface area contributed by atoms with Crippen LogP contribution in [0.3, 0.4) is 0 Å². The number of halogens is 1. The number of amides is 1. The number of H-pyrrole nitrogens is 1. The van der Waals surface area contributed by atoms with Crippen LogP contribution < -0.4 is 5.56 Å². The number of nitrogens with one attached hydrogen (secondary N) is 1. The summed E-state index contributed by atoms with van der Waals surface area (Å²) in [5.74, 6) is 0.0588. The van der Waals surface area contributed by atoms with Gasteiger partial charge < -0.3 is 15.0 Å². The van der Waals surface area contributed by atoms with Crippen molar-refractivity contribution in [2.75, 3.05) is 6.54 Å². The SMILES string of the molecule is C[C@H]1C[C@@H](c2cc(=O)[nH]c3c4c(Cl)cccc4nn23)CCN1C(=O)O. The molecule has 4 rings (SSSR count). The average molecular weight is 361 g/mol. The predicted molar refractivity (Wildman–Crippen MR) is 94.5 cm³/mol. The van der Waals surface area contributed by atoms with Crippen LogP contribution in [0.25, 0.3) is 16.6 Å². The monoisotopic (exact) mass is 360 g/mol. The van der Waals surface area contributed by atoms with E-state index in [0.29, 0.717) is 35.6 Å². The summed E-state index contributed by atoms with van der Waals surface area (Å²) in [4.78, 5) is 27.7. The molecule has 1 aliphatic heterocycles. The maximum absolute atomic E-state index is 12.2. The number of nitrogens with zero attached hydrogens (tertiary/aromatic N) is 3. The normalized spacial score (nSPS) is 21.1. The molecule has 0 unspecified atom stereocenters. The van der Waals surface area contributed by atoms with Gasteiger partial charge in [-0.25, -0.2) is 9.31 Å². The Morgan fingerprint density at radius 3 is 2.96 bits per heavy atom. The van der Waals surface area contributed by atoms with E-state index in [1.165, 1.54) is 4.90 Å². The molecule has 0 radical (unpaired) electrons. The summed E-state index contributed by atoms with van der Waals surface area (Å²) in [5.41, 5.74) is 1.88. The zero-order chi connectivity index (χ0) is 17.7. The highest BCUT2D eigenvalue weighted by molar-refractivity contribution is 6.36. The third-order valence-electron chi connectivity index (χ3n) is 4.95. The molecule has 2 N–H and O–H groups in total. The van der Waals surface area contributed by atoms with E-state index in [2.05, 4.69) is 10.1 Å². The van der Waals surface area contributed by atoms with E-state index < -0.39 is 6.09 Å². The van der Waals surface area contributed by atoms with Crippen LogP contribution in [0, 0.1) is 0 Å². The van der Waals surface area contributed by atoms with Crippen molar-refractivity contribution in [3.63, 3.8) is 0 Å². The molecule has 0 aliphatic carbocycles. The number of aromatic nitrogens is 3. The van der Waals surface area contributed by atoms with Gasteiger partial charge in [-0.3, -0.25) is 4.79 Å². The number of benzene rings is 1. The van der Waals surface area contributed by atoms with E-state index in [9.17, 15) is 14.7 Å². The number of fused-ring (bicyclic) bond motifs is 3. The van der Waals surface area contributed by atoms with Crippen LogP contribution in [0.1, 0.15) is 31.4 Å². The van der Waals surface area contributed by atoms with E-state index in [1.54, 1.807) is 16.6 Å². The minimum atomic E-state index is -0.904. The van der Waals surface area contributed by atoms with Crippen LogP contribution in [-0.2, 0) is 0 Å². The van der Waals surface area contributed by atoms with Crippen LogP contribution in [0.5, 0.6) is 0 Å². The fraction of sp³-hybridized carbons (Fsp3) is 0.353. The van der Waals surface area contributed by atoms with E-state index >= 15 is 0 Å². The Kier molecular flexibility index (Phi) is 3.68. The Balaban J connectivity index is 1.86. The van der Waals surface area contributed by atoms with Gasteiger partial charge in [-0.1, -0.05) is 17.7 Å². The highest BCUT2D eigenvalue weighted by Crippen LogP contribution is 2.33. The first-order chi connectivity index (χ1) is 12.0. The number of carbonyl (C=O) groups is 1. The molecular formula is C17H17ClN4O3. The molecule has 0 spiro atoms. The van der Waals surface area contributed by atoms with Crippen molar-refractivity contribution in [2.45, 2.75) is 31.7 Å². The molecule has 8 heteroatoms. The molecule has 130 valence electrons. The third kappa shape index (κ3) is 2.55. The maximum atomic E-state index is 12.2. The molecule has 1 amide bonds. The summed E-state index contributed by atoms with van der Waals surface area (Å²) in [6, 6.07) is 6.89. The molecule has 2 aromatic heterocycles. The number of carboxylic acid groups (broad SMARTS) is 1. The van der Waals surface area contributed by atoms with E-state index in [1.807, 2.05) is 19.1 Å². The van der Waals surface area contributed by atoms with Gasteiger partial charge >= 0.3 is 6.09 Å². The summed E-state index contributed by atoms with van der Waals surface area (Å²) in [6.07, 6.45) is 0.395. The van der Waals surface area contributed by atoms with Crippen molar-refractivity contribution in [3.05, 3.63) is 45.3 Å². The van der Waals surface area contributed by atoms with Gasteiger partial charge in [0.25, 0.3) is 5.56 Å². The number of rotatable bonds is 1. The molecule has 0 saturated carbocycles. The Morgan fingerprint density at radius 1 is 1.44 bits per heavy atom. The molecule has 1 fully saturated rings. The predicted octanol–water partition coefficient (Wildman–Crippen LogP) is 3.08. The Bertz CT molecular complexity index is 1040. The first-order valence-corrected chi connectivity index (χ1v) is 8.53. The van der Waals surface area contributed by atoms with Crippen molar-refractivity contribution in [3.8, 4) is 0 Å². The second-order valence-electron chi connectivity index (χ2n) is 6.50. The largest absolute Gasteiger partial charge is 0.465 e. The summed E-state index contributed by atoms with van der Waals surface area (Å²) in [6.45, 7) is 2.33. The number of piperidine rings is 1. The molecule has 1 saturated heterocycles. The molecule has 0 bridgehead atoms. The zero-order valence-electron chi connectivity index (χ0n) is 13.6. The highest BCUT2D eigenvalue weighted by Gasteiger charge is 2.31. The first kappa shape index (κ1) is 16.0. The van der Waals surface area contributed by atoms with Crippen LogP contribution in [0.15, 0.2) is 29.1 Å². The van der Waals surface area contributed by atoms with E-state index in [-0.39, 0.29) is 17.5 Å². The number of likely N-dealkylation sites (tertiary alicyclic amines) is 1. The molecule has 2 atom stereocenters. The van der Waals surface area contributed by atoms with Crippen molar-refractivity contribution in [1.82, 2.24) is 19.5 Å². The van der Waals surface area contributed by atoms with Gasteiger partial charge in [-0.05, 0) is 31.9 Å². The Morgan fingerprint density at radius 2 is 2.24 bits per heavy atom. The van der Waals surface area contributed by atoms with Crippen molar-refractivity contribution in [1.29, 1.82) is 0 Å². The van der Waals surface area contributed by atoms with Gasteiger partial charge in [0.05, 0.1) is 21.6 Å². The molecule has 3 heterocycles. The van der Waals surface area contributed by atoms with Gasteiger partial charge in [-0.2, -0.15) is 5.10 Å². The molecule has 25 heavy (non-hydrogen) atoms. The minimum Gasteiger partial charge on any atom is -0.465 e. The van der Waals surface area contributed by atoms with E-state index in [4.69, 9.17) is 11.6 Å². The number of hydrogen-bond donors (Lipinski definition) is 2. The fourth-order valence-corrected chi connectivity index (χ4v) is 4.02. The molecule has 1 aromatic carbocycles. The molecule has 7 nitrogen and oxygen atoms in total. The van der Waals surface area contributed by atoms with Crippen molar-refractivity contribution < 1.29 is 9.90 Å². The lowest BCUT2D eigenvalue weighted by Crippen LogP contribution is -2.43. The number of hydrogen-bond acceptors (Lipinski definition) is 3. The second kappa shape index (κ2) is 5.77. The Hall–Kier alpha value is -2.54. The lowest BCUT2D eigenvalue weighted by Gasteiger charge is -2.35. The fourth-order valence-electron chi connectivity index (χ4n) is 3.76. The second-order valence-corrected chi connectivity index (χ2v) is 6.91. The summed E-state index contributed by atoms with van der Waals surface area (Å²) < 4.78 is 1.74. The Labute approximate surface area is 147 Å². The zero-order valence-corrected chi connectivity index (χ0v) is 14.3. The topological polar surface area (TPSA) is 90.7 Å². The summed E-state index contributed by atoms with van der Waals surface area (Å²) >= 11 is 6.30. The summed E-state index contributed by atoms with van der Waals surface area (Å²) in [7, 11) is 0.